The van der Waals surface area contributed by atoms with Gasteiger partial charge in [0.05, 0.1) is 17.9 Å². The van der Waals surface area contributed by atoms with E-state index in [9.17, 15) is 0 Å². The molecule has 86 valence electrons. The molecule has 2 heteroatoms. The summed E-state index contributed by atoms with van der Waals surface area (Å²) < 4.78 is 2.09. The average molecular weight is 232 g/mol. The van der Waals surface area contributed by atoms with Crippen LogP contribution in [0.3, 0.4) is 0 Å². The highest BCUT2D eigenvalue weighted by atomic mass is 15.3. The van der Waals surface area contributed by atoms with Gasteiger partial charge in [-0.05, 0) is 11.6 Å². The monoisotopic (exact) mass is 232 g/mol. The van der Waals surface area contributed by atoms with E-state index >= 15 is 0 Å². The summed E-state index contributed by atoms with van der Waals surface area (Å²) in [5.41, 5.74) is 6.13. The summed E-state index contributed by atoms with van der Waals surface area (Å²) in [4.78, 5) is 0. The van der Waals surface area contributed by atoms with Gasteiger partial charge in [0.25, 0.3) is 0 Å². The summed E-state index contributed by atoms with van der Waals surface area (Å²) >= 11 is 0. The number of hydrogen-bond acceptors (Lipinski definition) is 1. The maximum absolute atomic E-state index is 4.69. The molecule has 0 saturated carbocycles. The Morgan fingerprint density at radius 2 is 1.67 bits per heavy atom. The molecule has 0 atom stereocenters. The van der Waals surface area contributed by atoms with Crippen LogP contribution >= 0.6 is 0 Å². The molecule has 2 nitrogen and oxygen atoms in total. The molecule has 1 aliphatic heterocycles. The van der Waals surface area contributed by atoms with Crippen LogP contribution < -0.4 is 0 Å². The van der Waals surface area contributed by atoms with Crippen molar-refractivity contribution < 1.29 is 0 Å². The highest BCUT2D eigenvalue weighted by molar-refractivity contribution is 5.73. The number of benzene rings is 2. The quantitative estimate of drug-likeness (QED) is 0.490. The molecule has 0 aliphatic carbocycles. The third kappa shape index (κ3) is 1.32. The van der Waals surface area contributed by atoms with Crippen molar-refractivity contribution in [3.63, 3.8) is 0 Å². The SMILES string of the molecule is c1ccc(-c2cc3n(n2)Cc2ccccc2-3)cc1. The zero-order valence-corrected chi connectivity index (χ0v) is 9.88. The van der Waals surface area contributed by atoms with Gasteiger partial charge in [0.2, 0.25) is 0 Å². The Bertz CT molecular complexity index is 711. The largest absolute Gasteiger partial charge is 0.260 e. The van der Waals surface area contributed by atoms with Gasteiger partial charge in [-0.2, -0.15) is 5.10 Å². The van der Waals surface area contributed by atoms with E-state index in [2.05, 4.69) is 47.1 Å². The number of nitrogens with zero attached hydrogens (tertiary/aromatic N) is 2. The molecular formula is C16H12N2. The maximum Gasteiger partial charge on any atom is 0.0929 e. The van der Waals surface area contributed by atoms with E-state index in [1.807, 2.05) is 18.2 Å². The van der Waals surface area contributed by atoms with Crippen molar-refractivity contribution in [3.8, 4) is 22.5 Å². The smallest absolute Gasteiger partial charge is 0.0929 e. The van der Waals surface area contributed by atoms with Crippen LogP contribution in [0.1, 0.15) is 5.56 Å². The molecule has 0 radical (unpaired) electrons. The summed E-state index contributed by atoms with van der Waals surface area (Å²) in [5.74, 6) is 0. The standard InChI is InChI=1S/C16H12N2/c1-2-6-12(7-3-1)15-10-16-14-9-5-4-8-13(14)11-18(16)17-15/h1-10H,11H2. The minimum Gasteiger partial charge on any atom is -0.260 e. The zero-order chi connectivity index (χ0) is 11.9. The second kappa shape index (κ2) is 3.57. The molecule has 0 saturated heterocycles. The van der Waals surface area contributed by atoms with Crippen LogP contribution in [0.5, 0.6) is 0 Å². The van der Waals surface area contributed by atoms with Crippen LogP contribution in [0.2, 0.25) is 0 Å². The van der Waals surface area contributed by atoms with Crippen LogP contribution in [0.25, 0.3) is 22.5 Å². The number of aromatic nitrogens is 2. The predicted molar refractivity (Wildman–Crippen MR) is 72.2 cm³/mol. The van der Waals surface area contributed by atoms with Gasteiger partial charge < -0.3 is 0 Å². The maximum atomic E-state index is 4.69. The van der Waals surface area contributed by atoms with Crippen molar-refractivity contribution in [3.05, 3.63) is 66.2 Å². The Kier molecular flexibility index (Phi) is 1.92. The van der Waals surface area contributed by atoms with Crippen LogP contribution in [0.15, 0.2) is 60.7 Å². The van der Waals surface area contributed by atoms with E-state index in [1.54, 1.807) is 0 Å². The van der Waals surface area contributed by atoms with Gasteiger partial charge in [0.15, 0.2) is 0 Å². The summed E-state index contributed by atoms with van der Waals surface area (Å²) in [6.07, 6.45) is 0. The van der Waals surface area contributed by atoms with Gasteiger partial charge >= 0.3 is 0 Å². The first-order valence-electron chi connectivity index (χ1n) is 6.13. The van der Waals surface area contributed by atoms with E-state index in [-0.39, 0.29) is 0 Å². The number of hydrogen-bond donors (Lipinski definition) is 0. The molecule has 18 heavy (non-hydrogen) atoms. The van der Waals surface area contributed by atoms with Gasteiger partial charge in [0.1, 0.15) is 0 Å². The Labute approximate surface area is 106 Å². The van der Waals surface area contributed by atoms with Crippen LogP contribution in [0, 0.1) is 0 Å². The first-order chi connectivity index (χ1) is 8.92. The molecule has 0 bridgehead atoms. The molecule has 0 fully saturated rings. The van der Waals surface area contributed by atoms with E-state index in [0.717, 1.165) is 12.2 Å². The minimum atomic E-state index is 0.887. The molecule has 0 amide bonds. The number of rotatable bonds is 1. The fourth-order valence-electron chi connectivity index (χ4n) is 2.57. The van der Waals surface area contributed by atoms with Crippen molar-refractivity contribution in [1.29, 1.82) is 0 Å². The third-order valence-corrected chi connectivity index (χ3v) is 3.46. The Balaban J connectivity index is 1.86. The summed E-state index contributed by atoms with van der Waals surface area (Å²) in [6, 6.07) is 21.0. The normalized spacial score (nSPS) is 12.2. The molecular weight excluding hydrogens is 220 g/mol. The van der Waals surface area contributed by atoms with E-state index in [0.29, 0.717) is 0 Å². The highest BCUT2D eigenvalue weighted by Crippen LogP contribution is 2.34. The lowest BCUT2D eigenvalue weighted by Gasteiger charge is -1.97. The summed E-state index contributed by atoms with van der Waals surface area (Å²) in [5, 5.41) is 4.69. The van der Waals surface area contributed by atoms with Crippen molar-refractivity contribution in [2.24, 2.45) is 0 Å². The summed E-state index contributed by atoms with van der Waals surface area (Å²) in [6.45, 7) is 0.887. The fraction of sp³-hybridized carbons (Fsp3) is 0.0625. The molecule has 0 spiro atoms. The summed E-state index contributed by atoms with van der Waals surface area (Å²) in [7, 11) is 0. The molecule has 3 aromatic rings. The van der Waals surface area contributed by atoms with Crippen molar-refractivity contribution in [2.75, 3.05) is 0 Å². The lowest BCUT2D eigenvalue weighted by atomic mass is 10.1. The molecule has 4 rings (SSSR count). The average Bonchev–Trinajstić information content (AvgIpc) is 2.97. The van der Waals surface area contributed by atoms with E-state index in [1.165, 1.54) is 22.4 Å². The van der Waals surface area contributed by atoms with Gasteiger partial charge in [-0.1, -0.05) is 54.6 Å². The van der Waals surface area contributed by atoms with Crippen molar-refractivity contribution in [2.45, 2.75) is 6.54 Å². The molecule has 1 aromatic heterocycles. The van der Waals surface area contributed by atoms with Gasteiger partial charge in [0, 0.05) is 11.1 Å². The van der Waals surface area contributed by atoms with Crippen molar-refractivity contribution in [1.82, 2.24) is 9.78 Å². The second-order valence-electron chi connectivity index (χ2n) is 4.60. The zero-order valence-electron chi connectivity index (χ0n) is 9.88. The first kappa shape index (κ1) is 9.66. The van der Waals surface area contributed by atoms with Crippen LogP contribution in [-0.2, 0) is 6.54 Å². The van der Waals surface area contributed by atoms with Crippen LogP contribution in [0.4, 0.5) is 0 Å². The Morgan fingerprint density at radius 1 is 0.889 bits per heavy atom. The van der Waals surface area contributed by atoms with Gasteiger partial charge in [-0.15, -0.1) is 0 Å². The number of fused-ring (bicyclic) bond motifs is 3. The minimum absolute atomic E-state index is 0.887. The lowest BCUT2D eigenvalue weighted by molar-refractivity contribution is 0.723. The fourth-order valence-corrected chi connectivity index (χ4v) is 2.57. The Hall–Kier alpha value is -2.35. The van der Waals surface area contributed by atoms with Crippen molar-refractivity contribution >= 4 is 0 Å². The molecule has 2 heterocycles. The van der Waals surface area contributed by atoms with E-state index in [4.69, 9.17) is 5.10 Å². The van der Waals surface area contributed by atoms with Crippen LogP contribution in [-0.4, -0.2) is 9.78 Å². The second-order valence-corrected chi connectivity index (χ2v) is 4.60. The highest BCUT2D eigenvalue weighted by Gasteiger charge is 2.20. The lowest BCUT2D eigenvalue weighted by Crippen LogP contribution is -1.95. The van der Waals surface area contributed by atoms with Gasteiger partial charge in [-0.25, -0.2) is 0 Å². The first-order valence-corrected chi connectivity index (χ1v) is 6.13. The molecule has 1 aliphatic rings. The third-order valence-electron chi connectivity index (χ3n) is 3.46. The Morgan fingerprint density at radius 3 is 2.56 bits per heavy atom. The van der Waals surface area contributed by atoms with Gasteiger partial charge in [-0.3, -0.25) is 4.68 Å². The molecule has 2 aromatic carbocycles. The predicted octanol–water partition coefficient (Wildman–Crippen LogP) is 3.58. The topological polar surface area (TPSA) is 17.8 Å². The molecule has 0 unspecified atom stereocenters. The molecule has 0 N–H and O–H groups in total. The van der Waals surface area contributed by atoms with E-state index < -0.39 is 0 Å².